The molecule has 8 N–H and O–H groups in total. The number of aliphatic hydroxyl groups is 3. The first-order chi connectivity index (χ1) is 16.9. The molecule has 36 heavy (non-hydrogen) atoms. The number of carbonyl (C=O) groups is 4. The van der Waals surface area contributed by atoms with Crippen LogP contribution in [-0.2, 0) is 23.9 Å². The highest BCUT2D eigenvalue weighted by molar-refractivity contribution is 6.25. The van der Waals surface area contributed by atoms with E-state index in [4.69, 9.17) is 16.2 Å². The third kappa shape index (κ3) is 3.05. The molecule has 0 heterocycles. The summed E-state index contributed by atoms with van der Waals surface area (Å²) in [5.41, 5.74) is 8.04. The summed E-state index contributed by atoms with van der Waals surface area (Å²) in [7, 11) is 0. The molecule has 0 aliphatic heterocycles. The number of Topliss-reactive ketones (excluding diaryl/α,β-unsaturated/α-hetero) is 2. The molecule has 1 amide bonds. The summed E-state index contributed by atoms with van der Waals surface area (Å²) >= 11 is 0. The molecule has 11 nitrogen and oxygen atoms in total. The molecule has 1 aromatic rings. The van der Waals surface area contributed by atoms with Gasteiger partial charge in [-0.1, -0.05) is 19.4 Å². The van der Waals surface area contributed by atoms with Crippen LogP contribution in [0.1, 0.15) is 49.7 Å². The molecule has 0 saturated heterocycles. The molecule has 0 aromatic heterocycles. The maximum Gasteiger partial charge on any atom is 0.309 e. The number of aromatic hydroxyl groups is 1. The number of rotatable bonds is 3. The molecule has 1 aromatic carbocycles. The van der Waals surface area contributed by atoms with Crippen LogP contribution in [0, 0.1) is 23.7 Å². The number of phenols is 1. The first kappa shape index (κ1) is 24.3. The summed E-state index contributed by atoms with van der Waals surface area (Å²) < 4.78 is 5.86. The van der Waals surface area contributed by atoms with Gasteiger partial charge in [0, 0.05) is 17.4 Å². The van der Waals surface area contributed by atoms with Gasteiger partial charge in [-0.25, -0.2) is 0 Å². The van der Waals surface area contributed by atoms with Crippen LogP contribution in [0.5, 0.6) is 5.75 Å². The number of hydrogen-bond acceptors (Lipinski definition) is 10. The number of benzene rings is 1. The fourth-order valence-corrected chi connectivity index (χ4v) is 6.31. The summed E-state index contributed by atoms with van der Waals surface area (Å²) in [5, 5.41) is 44.1. The van der Waals surface area contributed by atoms with Crippen LogP contribution >= 0.6 is 0 Å². The number of aliphatic hydroxyl groups excluding tert-OH is 2. The molecule has 4 aliphatic carbocycles. The number of carbonyl (C=O) groups excluding carboxylic acids is 4. The van der Waals surface area contributed by atoms with E-state index >= 15 is 0 Å². The Hall–Kier alpha value is -3.44. The minimum atomic E-state index is -2.89. The van der Waals surface area contributed by atoms with Crippen LogP contribution in [0.2, 0.25) is 0 Å². The van der Waals surface area contributed by atoms with Crippen molar-refractivity contribution in [2.45, 2.75) is 56.3 Å². The molecule has 2 unspecified atom stereocenters. The number of nitrogens with two attached hydrogens (primary N) is 2. The van der Waals surface area contributed by atoms with Crippen molar-refractivity contribution in [3.8, 4) is 5.75 Å². The van der Waals surface area contributed by atoms with Crippen LogP contribution in [0.3, 0.4) is 0 Å². The average molecular weight is 501 g/mol. The number of anilines is 1. The zero-order chi connectivity index (χ0) is 26.3. The maximum atomic E-state index is 13.8. The molecule has 192 valence electrons. The van der Waals surface area contributed by atoms with E-state index in [2.05, 4.69) is 0 Å². The molecule has 7 atom stereocenters. The minimum absolute atomic E-state index is 0.0648. The molecule has 0 spiro atoms. The predicted octanol–water partition coefficient (Wildman–Crippen LogP) is 0.0539. The number of hydrogen-bond donors (Lipinski definition) is 6. The van der Waals surface area contributed by atoms with Crippen LogP contribution in [0.15, 0.2) is 17.7 Å². The number of phenolic OH excluding ortho intramolecular Hbond substituents is 1. The van der Waals surface area contributed by atoms with Crippen molar-refractivity contribution >= 4 is 34.9 Å². The van der Waals surface area contributed by atoms with Gasteiger partial charge in [0.15, 0.2) is 11.4 Å². The molecule has 5 rings (SSSR count). The average Bonchev–Trinajstić information content (AvgIpc) is 2.76. The lowest BCUT2D eigenvalue weighted by molar-refractivity contribution is -0.197. The van der Waals surface area contributed by atoms with Gasteiger partial charge in [-0.2, -0.15) is 0 Å². The van der Waals surface area contributed by atoms with Crippen molar-refractivity contribution in [3.05, 3.63) is 28.8 Å². The van der Waals surface area contributed by atoms with E-state index in [1.807, 2.05) is 0 Å². The third-order valence-electron chi connectivity index (χ3n) is 8.51. The summed E-state index contributed by atoms with van der Waals surface area (Å²) in [6, 6.07) is 3.01. The Balaban J connectivity index is 1.72. The highest BCUT2D eigenvalue weighted by Crippen LogP contribution is 2.56. The lowest BCUT2D eigenvalue weighted by Crippen LogP contribution is -2.71. The summed E-state index contributed by atoms with van der Waals surface area (Å²) in [4.78, 5) is 52.1. The summed E-state index contributed by atoms with van der Waals surface area (Å²) in [5.74, 6) is -10.7. The highest BCUT2D eigenvalue weighted by atomic mass is 16.5. The second kappa shape index (κ2) is 8.04. The number of primary amides is 1. The first-order valence-electron chi connectivity index (χ1n) is 11.9. The molecule has 0 bridgehead atoms. The fourth-order valence-electron chi connectivity index (χ4n) is 6.31. The standard InChI is InChI=1S/C25H28N2O9/c1-8-10-5-6-12(26)18(29)15(10)19(30)17-14(8)20(36-24(34)9-3-2-4-9)11-7-13(28)16(23(27)33)21(31)25(11,35)22(17)32/h5-6,8-9,11,13-14,16,20,28-30,35H,2-4,7,26H2,1H3,(H2,27,33)/t8-,11+,13?,14+,16?,20+,25+/m0/s1. The van der Waals surface area contributed by atoms with E-state index in [1.165, 1.54) is 6.07 Å². The largest absolute Gasteiger partial charge is 0.507 e. The minimum Gasteiger partial charge on any atom is -0.507 e. The van der Waals surface area contributed by atoms with Crippen LogP contribution < -0.4 is 11.5 Å². The van der Waals surface area contributed by atoms with Gasteiger partial charge in [-0.3, -0.25) is 19.2 Å². The van der Waals surface area contributed by atoms with Crippen LogP contribution in [-0.4, -0.2) is 61.7 Å². The third-order valence-corrected chi connectivity index (χ3v) is 8.51. The zero-order valence-corrected chi connectivity index (χ0v) is 19.5. The lowest BCUT2D eigenvalue weighted by atomic mass is 9.53. The van der Waals surface area contributed by atoms with E-state index in [1.54, 1.807) is 13.0 Å². The zero-order valence-electron chi connectivity index (χ0n) is 19.5. The van der Waals surface area contributed by atoms with Gasteiger partial charge in [0.05, 0.1) is 23.3 Å². The van der Waals surface area contributed by atoms with Gasteiger partial charge in [0.1, 0.15) is 23.5 Å². The van der Waals surface area contributed by atoms with Crippen molar-refractivity contribution in [1.29, 1.82) is 0 Å². The molecule has 11 heteroatoms. The van der Waals surface area contributed by atoms with Gasteiger partial charge < -0.3 is 36.6 Å². The molecule has 3 saturated carbocycles. The van der Waals surface area contributed by atoms with Gasteiger partial charge in [0.2, 0.25) is 11.7 Å². The van der Waals surface area contributed by atoms with Crippen LogP contribution in [0.25, 0.3) is 5.76 Å². The van der Waals surface area contributed by atoms with E-state index in [-0.39, 0.29) is 17.2 Å². The monoisotopic (exact) mass is 500 g/mol. The quantitative estimate of drug-likeness (QED) is 0.142. The highest BCUT2D eigenvalue weighted by Gasteiger charge is 2.69. The van der Waals surface area contributed by atoms with E-state index in [9.17, 15) is 39.6 Å². The molecular weight excluding hydrogens is 472 g/mol. The summed E-state index contributed by atoms with van der Waals surface area (Å²) in [6.07, 6.45) is -1.26. The van der Waals surface area contributed by atoms with E-state index < -0.39 is 88.4 Å². The SMILES string of the molecule is C[C@H]1c2ccc(N)c(O)c2C(O)=C2C(=O)[C@]3(O)C(=O)C(C(N)=O)C(O)C[C@@H]3[C@@H](OC(=O)C3CCC3)[C@@H]21. The van der Waals surface area contributed by atoms with Gasteiger partial charge in [0.25, 0.3) is 0 Å². The Morgan fingerprint density at radius 1 is 1.17 bits per heavy atom. The Morgan fingerprint density at radius 2 is 1.83 bits per heavy atom. The van der Waals surface area contributed by atoms with Crippen molar-refractivity contribution in [1.82, 2.24) is 0 Å². The Kier molecular flexibility index (Phi) is 5.42. The second-order valence-electron chi connectivity index (χ2n) is 10.3. The van der Waals surface area contributed by atoms with E-state index in [0.29, 0.717) is 18.4 Å². The predicted molar refractivity (Wildman–Crippen MR) is 123 cm³/mol. The molecule has 0 radical (unpaired) electrons. The summed E-state index contributed by atoms with van der Waals surface area (Å²) in [6.45, 7) is 1.70. The molecule has 3 fully saturated rings. The smallest absolute Gasteiger partial charge is 0.309 e. The van der Waals surface area contributed by atoms with Crippen molar-refractivity contribution < 1.29 is 44.3 Å². The lowest BCUT2D eigenvalue weighted by Gasteiger charge is -2.53. The Labute approximate surface area is 205 Å². The number of ketones is 2. The Morgan fingerprint density at radius 3 is 2.42 bits per heavy atom. The number of nitrogen functional groups attached to an aromatic ring is 1. The topological polar surface area (TPSA) is 210 Å². The fraction of sp³-hybridized carbons (Fsp3) is 0.520. The van der Waals surface area contributed by atoms with Gasteiger partial charge >= 0.3 is 5.97 Å². The van der Waals surface area contributed by atoms with E-state index in [0.717, 1.165) is 6.42 Å². The molecular formula is C25H28N2O9. The molecule has 4 aliphatic rings. The van der Waals surface area contributed by atoms with Gasteiger partial charge in [-0.15, -0.1) is 0 Å². The Bertz CT molecular complexity index is 1240. The first-order valence-corrected chi connectivity index (χ1v) is 11.9. The van der Waals surface area contributed by atoms with Crippen LogP contribution in [0.4, 0.5) is 5.69 Å². The number of ether oxygens (including phenoxy) is 1. The van der Waals surface area contributed by atoms with Gasteiger partial charge in [-0.05, 0) is 36.8 Å². The number of esters is 1. The number of amides is 1. The van der Waals surface area contributed by atoms with Crippen molar-refractivity contribution in [2.24, 2.45) is 29.4 Å². The maximum absolute atomic E-state index is 13.8. The second-order valence-corrected chi connectivity index (χ2v) is 10.3. The van der Waals surface area contributed by atoms with Crippen molar-refractivity contribution in [3.63, 3.8) is 0 Å². The van der Waals surface area contributed by atoms with Crippen molar-refractivity contribution in [2.75, 3.05) is 5.73 Å². The normalized spacial score (nSPS) is 35.9. The number of fused-ring (bicyclic) bond motifs is 3.